The lowest BCUT2D eigenvalue weighted by Gasteiger charge is -2.34. The predicted molar refractivity (Wildman–Crippen MR) is 79.8 cm³/mol. The van der Waals surface area contributed by atoms with E-state index in [2.05, 4.69) is 15.5 Å². The maximum Gasteiger partial charge on any atom is 0.277 e. The van der Waals surface area contributed by atoms with Gasteiger partial charge in [-0.1, -0.05) is 13.8 Å². The monoisotopic (exact) mass is 293 g/mol. The molecular formula is C14H23N5O2. The lowest BCUT2D eigenvalue weighted by molar-refractivity contribution is -0.126. The highest BCUT2D eigenvalue weighted by Crippen LogP contribution is 2.26. The van der Waals surface area contributed by atoms with Crippen molar-refractivity contribution in [2.45, 2.75) is 45.1 Å². The second-order valence-electron chi connectivity index (χ2n) is 5.68. The number of hydrogen-bond donors (Lipinski definition) is 3. The van der Waals surface area contributed by atoms with Crippen molar-refractivity contribution in [3.8, 4) is 0 Å². The van der Waals surface area contributed by atoms with Gasteiger partial charge in [0.05, 0.1) is 11.4 Å². The van der Waals surface area contributed by atoms with E-state index in [4.69, 9.17) is 5.73 Å². The predicted octanol–water partition coefficient (Wildman–Crippen LogP) is 0.856. The highest BCUT2D eigenvalue weighted by molar-refractivity contribution is 6.00. The standard InChI is InChI=1S/C14H23N5O2/c1-8(2)11-10(15)12(18-17-11)14(21)19-7-5-4-6-9(19)13(20)16-3/h8-9H,4-7,15H2,1-3H3,(H,16,20)(H,17,18). The highest BCUT2D eigenvalue weighted by Gasteiger charge is 2.34. The van der Waals surface area contributed by atoms with Crippen LogP contribution in [0.15, 0.2) is 0 Å². The number of anilines is 1. The van der Waals surface area contributed by atoms with E-state index >= 15 is 0 Å². The first-order valence-electron chi connectivity index (χ1n) is 7.33. The molecule has 1 aromatic rings. The average Bonchev–Trinajstić information content (AvgIpc) is 2.87. The van der Waals surface area contributed by atoms with Crippen molar-refractivity contribution in [3.63, 3.8) is 0 Å². The smallest absolute Gasteiger partial charge is 0.277 e. The molecule has 1 aromatic heterocycles. The summed E-state index contributed by atoms with van der Waals surface area (Å²) >= 11 is 0. The Morgan fingerprint density at radius 2 is 2.14 bits per heavy atom. The SMILES string of the molecule is CNC(=O)C1CCCCN1C(=O)c1n[nH]c(C(C)C)c1N. The van der Waals surface area contributed by atoms with Gasteiger partial charge in [0.15, 0.2) is 5.69 Å². The Kier molecular flexibility index (Phi) is 4.50. The minimum absolute atomic E-state index is 0.138. The van der Waals surface area contributed by atoms with Crippen LogP contribution in [-0.4, -0.2) is 46.5 Å². The number of amides is 2. The molecule has 0 saturated carbocycles. The second-order valence-corrected chi connectivity index (χ2v) is 5.68. The number of nitrogen functional groups attached to an aromatic ring is 1. The summed E-state index contributed by atoms with van der Waals surface area (Å²) in [5.74, 6) is -0.250. The number of nitrogens with two attached hydrogens (primary N) is 1. The molecule has 2 heterocycles. The molecule has 1 saturated heterocycles. The van der Waals surface area contributed by atoms with E-state index in [0.717, 1.165) is 18.5 Å². The quantitative estimate of drug-likeness (QED) is 0.768. The summed E-state index contributed by atoms with van der Waals surface area (Å²) in [4.78, 5) is 26.2. The van der Waals surface area contributed by atoms with E-state index in [1.165, 1.54) is 0 Å². The van der Waals surface area contributed by atoms with Crippen molar-refractivity contribution in [2.24, 2.45) is 0 Å². The fourth-order valence-electron chi connectivity index (χ4n) is 2.72. The molecule has 21 heavy (non-hydrogen) atoms. The first kappa shape index (κ1) is 15.3. The number of rotatable bonds is 3. The lowest BCUT2D eigenvalue weighted by Crippen LogP contribution is -2.51. The molecular weight excluding hydrogens is 270 g/mol. The third-order valence-electron chi connectivity index (χ3n) is 3.93. The molecule has 1 aliphatic rings. The van der Waals surface area contributed by atoms with Crippen LogP contribution >= 0.6 is 0 Å². The van der Waals surface area contributed by atoms with Gasteiger partial charge in [-0.15, -0.1) is 0 Å². The zero-order chi connectivity index (χ0) is 15.6. The minimum atomic E-state index is -0.435. The number of nitrogens with zero attached hydrogens (tertiary/aromatic N) is 2. The molecule has 0 spiro atoms. The molecule has 1 unspecified atom stereocenters. The Bertz CT molecular complexity index is 537. The molecule has 1 fully saturated rings. The number of nitrogens with one attached hydrogen (secondary N) is 2. The van der Waals surface area contributed by atoms with E-state index in [9.17, 15) is 9.59 Å². The Labute approximate surface area is 124 Å². The molecule has 1 atom stereocenters. The largest absolute Gasteiger partial charge is 0.395 e. The van der Waals surface area contributed by atoms with Gasteiger partial charge in [0.1, 0.15) is 6.04 Å². The van der Waals surface area contributed by atoms with Crippen LogP contribution in [-0.2, 0) is 4.79 Å². The molecule has 7 heteroatoms. The molecule has 7 nitrogen and oxygen atoms in total. The fraction of sp³-hybridized carbons (Fsp3) is 0.643. The Morgan fingerprint density at radius 3 is 2.71 bits per heavy atom. The molecule has 116 valence electrons. The summed E-state index contributed by atoms with van der Waals surface area (Å²) in [6.45, 7) is 4.51. The van der Waals surface area contributed by atoms with Crippen molar-refractivity contribution in [1.82, 2.24) is 20.4 Å². The molecule has 2 amide bonds. The zero-order valence-corrected chi connectivity index (χ0v) is 12.8. The van der Waals surface area contributed by atoms with E-state index in [0.29, 0.717) is 18.7 Å². The molecule has 0 bridgehead atoms. The van der Waals surface area contributed by atoms with E-state index in [-0.39, 0.29) is 23.4 Å². The van der Waals surface area contributed by atoms with Crippen LogP contribution in [0.3, 0.4) is 0 Å². The normalized spacial score (nSPS) is 18.9. The lowest BCUT2D eigenvalue weighted by atomic mass is 10.0. The summed E-state index contributed by atoms with van der Waals surface area (Å²) in [5.41, 5.74) is 7.38. The van der Waals surface area contributed by atoms with Crippen LogP contribution in [0, 0.1) is 0 Å². The maximum absolute atomic E-state index is 12.7. The van der Waals surface area contributed by atoms with Crippen LogP contribution in [0.1, 0.15) is 55.2 Å². The summed E-state index contributed by atoms with van der Waals surface area (Å²) < 4.78 is 0. The van der Waals surface area contributed by atoms with Crippen LogP contribution < -0.4 is 11.1 Å². The van der Waals surface area contributed by atoms with Crippen molar-refractivity contribution in [2.75, 3.05) is 19.3 Å². The van der Waals surface area contributed by atoms with E-state index in [1.54, 1.807) is 11.9 Å². The van der Waals surface area contributed by atoms with Crippen molar-refractivity contribution < 1.29 is 9.59 Å². The van der Waals surface area contributed by atoms with Gasteiger partial charge in [-0.25, -0.2) is 0 Å². The number of likely N-dealkylation sites (tertiary alicyclic amines) is 1. The van der Waals surface area contributed by atoms with Gasteiger partial charge in [-0.05, 0) is 25.2 Å². The zero-order valence-electron chi connectivity index (χ0n) is 12.8. The first-order valence-corrected chi connectivity index (χ1v) is 7.33. The van der Waals surface area contributed by atoms with Gasteiger partial charge >= 0.3 is 0 Å². The Hall–Kier alpha value is -2.05. The molecule has 0 aromatic carbocycles. The second kappa shape index (κ2) is 6.15. The third-order valence-corrected chi connectivity index (χ3v) is 3.93. The number of aromatic amines is 1. The fourth-order valence-corrected chi connectivity index (χ4v) is 2.72. The number of likely N-dealkylation sites (N-methyl/N-ethyl adjacent to an activating group) is 1. The van der Waals surface area contributed by atoms with Crippen molar-refractivity contribution >= 4 is 17.5 Å². The number of H-pyrrole nitrogens is 1. The number of aromatic nitrogens is 2. The number of carbonyl (C=O) groups is 2. The van der Waals surface area contributed by atoms with E-state index in [1.807, 2.05) is 13.8 Å². The number of piperidine rings is 1. The van der Waals surface area contributed by atoms with Gasteiger partial charge in [-0.2, -0.15) is 5.10 Å². The molecule has 0 radical (unpaired) electrons. The van der Waals surface area contributed by atoms with Gasteiger partial charge in [-0.3, -0.25) is 14.7 Å². The van der Waals surface area contributed by atoms with E-state index < -0.39 is 6.04 Å². The Morgan fingerprint density at radius 1 is 1.43 bits per heavy atom. The summed E-state index contributed by atoms with van der Waals surface area (Å²) in [5, 5.41) is 9.50. The minimum Gasteiger partial charge on any atom is -0.395 e. The Balaban J connectivity index is 2.27. The topological polar surface area (TPSA) is 104 Å². The summed E-state index contributed by atoms with van der Waals surface area (Å²) in [6, 6.07) is -0.435. The van der Waals surface area contributed by atoms with Crippen molar-refractivity contribution in [1.29, 1.82) is 0 Å². The number of hydrogen-bond acceptors (Lipinski definition) is 4. The third kappa shape index (κ3) is 2.86. The van der Waals surface area contributed by atoms with Crippen LogP contribution in [0.5, 0.6) is 0 Å². The van der Waals surface area contributed by atoms with Crippen LogP contribution in [0.2, 0.25) is 0 Å². The van der Waals surface area contributed by atoms with Gasteiger partial charge < -0.3 is 16.0 Å². The maximum atomic E-state index is 12.7. The summed E-state index contributed by atoms with van der Waals surface area (Å²) in [7, 11) is 1.58. The average molecular weight is 293 g/mol. The molecule has 4 N–H and O–H groups in total. The number of carbonyl (C=O) groups excluding carboxylic acids is 2. The van der Waals surface area contributed by atoms with Gasteiger partial charge in [0, 0.05) is 13.6 Å². The summed E-state index contributed by atoms with van der Waals surface area (Å²) in [6.07, 6.45) is 2.50. The molecule has 2 rings (SSSR count). The molecule has 0 aliphatic carbocycles. The first-order chi connectivity index (χ1) is 9.97. The van der Waals surface area contributed by atoms with Gasteiger partial charge in [0.2, 0.25) is 5.91 Å². The van der Waals surface area contributed by atoms with Crippen molar-refractivity contribution in [3.05, 3.63) is 11.4 Å². The van der Waals surface area contributed by atoms with Crippen LogP contribution in [0.4, 0.5) is 5.69 Å². The molecule has 1 aliphatic heterocycles. The van der Waals surface area contributed by atoms with Gasteiger partial charge in [0.25, 0.3) is 5.91 Å². The highest BCUT2D eigenvalue weighted by atomic mass is 16.2. The van der Waals surface area contributed by atoms with Crippen LogP contribution in [0.25, 0.3) is 0 Å².